The van der Waals surface area contributed by atoms with Crippen LogP contribution in [0.4, 0.5) is 8.78 Å². The Morgan fingerprint density at radius 3 is 2.33 bits per heavy atom. The molecular weight excluding hydrogens is 234 g/mol. The predicted molar refractivity (Wildman–Crippen MR) is 70.2 cm³/mol. The van der Waals surface area contributed by atoms with E-state index >= 15 is 0 Å². The molecule has 0 saturated carbocycles. The lowest BCUT2D eigenvalue weighted by atomic mass is 9.99. The third-order valence-corrected chi connectivity index (χ3v) is 3.66. The molecule has 0 saturated heterocycles. The number of nitrogens with two attached hydrogens (primary N) is 1. The first-order valence-electron chi connectivity index (χ1n) is 6.26. The van der Waals surface area contributed by atoms with Crippen molar-refractivity contribution in [2.24, 2.45) is 11.7 Å². The van der Waals surface area contributed by atoms with Gasteiger partial charge in [-0.15, -0.1) is 0 Å². The Kier molecular flexibility index (Phi) is 5.23. The highest BCUT2D eigenvalue weighted by Crippen LogP contribution is 2.26. The molecule has 2 unspecified atom stereocenters. The Hall–Kier alpha value is -1.00. The molecule has 0 aliphatic carbocycles. The summed E-state index contributed by atoms with van der Waals surface area (Å²) in [4.78, 5) is 2.00. The highest BCUT2D eigenvalue weighted by atomic mass is 19.2. The molecule has 0 bridgehead atoms. The Morgan fingerprint density at radius 2 is 1.83 bits per heavy atom. The number of rotatable bonds is 5. The molecule has 0 aliphatic heterocycles. The average Bonchev–Trinajstić information content (AvgIpc) is 2.34. The number of likely N-dealkylation sites (N-methyl/N-ethyl adjacent to an activating group) is 1. The van der Waals surface area contributed by atoms with E-state index in [1.165, 1.54) is 6.07 Å². The molecule has 0 spiro atoms. The molecule has 0 radical (unpaired) electrons. The van der Waals surface area contributed by atoms with Crippen LogP contribution in [0.1, 0.15) is 32.4 Å². The topological polar surface area (TPSA) is 29.3 Å². The maximum atomic E-state index is 13.8. The van der Waals surface area contributed by atoms with Gasteiger partial charge in [-0.05, 0) is 26.0 Å². The molecule has 2 atom stereocenters. The van der Waals surface area contributed by atoms with E-state index in [0.29, 0.717) is 11.5 Å². The van der Waals surface area contributed by atoms with Gasteiger partial charge in [0.1, 0.15) is 0 Å². The quantitative estimate of drug-likeness (QED) is 0.877. The minimum absolute atomic E-state index is 0.237. The third-order valence-electron chi connectivity index (χ3n) is 3.66. The van der Waals surface area contributed by atoms with Crippen molar-refractivity contribution in [2.75, 3.05) is 13.6 Å². The van der Waals surface area contributed by atoms with Crippen molar-refractivity contribution >= 4 is 0 Å². The zero-order valence-corrected chi connectivity index (χ0v) is 11.5. The van der Waals surface area contributed by atoms with Gasteiger partial charge in [0.15, 0.2) is 11.6 Å². The van der Waals surface area contributed by atoms with E-state index < -0.39 is 11.6 Å². The zero-order chi connectivity index (χ0) is 13.9. The maximum Gasteiger partial charge on any atom is 0.163 e. The van der Waals surface area contributed by atoms with Crippen molar-refractivity contribution in [3.8, 4) is 0 Å². The van der Waals surface area contributed by atoms with Crippen LogP contribution in [0.25, 0.3) is 0 Å². The SMILES string of the molecule is CC(C)C(C)N(C)C(CN)c1cccc(F)c1F. The molecule has 4 heteroatoms. The Bertz CT molecular complexity index is 393. The first-order chi connectivity index (χ1) is 8.40. The summed E-state index contributed by atoms with van der Waals surface area (Å²) < 4.78 is 27.1. The molecule has 1 rings (SSSR count). The van der Waals surface area contributed by atoms with Crippen LogP contribution in [0, 0.1) is 17.6 Å². The monoisotopic (exact) mass is 256 g/mol. The van der Waals surface area contributed by atoms with Crippen molar-refractivity contribution in [1.29, 1.82) is 0 Å². The van der Waals surface area contributed by atoms with E-state index in [1.54, 1.807) is 6.07 Å². The van der Waals surface area contributed by atoms with Crippen LogP contribution in [0.2, 0.25) is 0 Å². The molecule has 102 valence electrons. The summed E-state index contributed by atoms with van der Waals surface area (Å²) in [5.41, 5.74) is 6.06. The summed E-state index contributed by atoms with van der Waals surface area (Å²) in [6.45, 7) is 6.51. The predicted octanol–water partition coefficient (Wildman–Crippen LogP) is 2.94. The maximum absolute atomic E-state index is 13.8. The van der Waals surface area contributed by atoms with Gasteiger partial charge in [0, 0.05) is 24.2 Å². The lowest BCUT2D eigenvalue weighted by Gasteiger charge is -2.35. The van der Waals surface area contributed by atoms with Crippen LogP contribution >= 0.6 is 0 Å². The Balaban J connectivity index is 3.06. The van der Waals surface area contributed by atoms with E-state index in [1.807, 2.05) is 11.9 Å². The third kappa shape index (κ3) is 3.06. The molecule has 0 aliphatic rings. The molecule has 1 aromatic carbocycles. The van der Waals surface area contributed by atoms with Gasteiger partial charge < -0.3 is 5.73 Å². The van der Waals surface area contributed by atoms with Gasteiger partial charge in [0.05, 0.1) is 0 Å². The highest BCUT2D eigenvalue weighted by molar-refractivity contribution is 5.23. The number of hydrogen-bond acceptors (Lipinski definition) is 2. The van der Waals surface area contributed by atoms with Crippen LogP contribution in [0.3, 0.4) is 0 Å². The summed E-state index contributed by atoms with van der Waals surface area (Å²) in [5.74, 6) is -1.20. The van der Waals surface area contributed by atoms with Crippen molar-refractivity contribution in [2.45, 2.75) is 32.9 Å². The van der Waals surface area contributed by atoms with Gasteiger partial charge in [-0.25, -0.2) is 8.78 Å². The molecular formula is C14H22F2N2. The van der Waals surface area contributed by atoms with E-state index in [-0.39, 0.29) is 18.6 Å². The summed E-state index contributed by atoms with van der Waals surface area (Å²) in [5, 5.41) is 0. The fourth-order valence-electron chi connectivity index (χ4n) is 2.04. The largest absolute Gasteiger partial charge is 0.329 e. The molecule has 0 amide bonds. The second kappa shape index (κ2) is 6.25. The second-order valence-corrected chi connectivity index (χ2v) is 5.04. The molecule has 2 nitrogen and oxygen atoms in total. The van der Waals surface area contributed by atoms with E-state index in [4.69, 9.17) is 5.73 Å². The van der Waals surface area contributed by atoms with Crippen molar-refractivity contribution in [3.63, 3.8) is 0 Å². The number of hydrogen-bond donors (Lipinski definition) is 1. The Labute approximate surface area is 108 Å². The van der Waals surface area contributed by atoms with Crippen molar-refractivity contribution < 1.29 is 8.78 Å². The summed E-state index contributed by atoms with van der Waals surface area (Å²) in [6, 6.07) is 4.17. The lowest BCUT2D eigenvalue weighted by Crippen LogP contribution is -2.40. The normalized spacial score (nSPS) is 15.2. The molecule has 0 heterocycles. The highest BCUT2D eigenvalue weighted by Gasteiger charge is 2.25. The average molecular weight is 256 g/mol. The van der Waals surface area contributed by atoms with Gasteiger partial charge in [0.2, 0.25) is 0 Å². The summed E-state index contributed by atoms with van der Waals surface area (Å²) >= 11 is 0. The van der Waals surface area contributed by atoms with Crippen LogP contribution in [0.5, 0.6) is 0 Å². The number of benzene rings is 1. The van der Waals surface area contributed by atoms with E-state index in [0.717, 1.165) is 6.07 Å². The van der Waals surface area contributed by atoms with Crippen molar-refractivity contribution in [1.82, 2.24) is 4.90 Å². The molecule has 0 aromatic heterocycles. The van der Waals surface area contributed by atoms with Crippen LogP contribution in [-0.2, 0) is 0 Å². The molecule has 1 aromatic rings. The number of halogens is 2. The van der Waals surface area contributed by atoms with Crippen molar-refractivity contribution in [3.05, 3.63) is 35.4 Å². The van der Waals surface area contributed by atoms with E-state index in [9.17, 15) is 8.78 Å². The molecule has 2 N–H and O–H groups in total. The summed E-state index contributed by atoms with van der Waals surface area (Å²) in [7, 11) is 1.90. The fraction of sp³-hybridized carbons (Fsp3) is 0.571. The zero-order valence-electron chi connectivity index (χ0n) is 11.5. The fourth-order valence-corrected chi connectivity index (χ4v) is 2.04. The van der Waals surface area contributed by atoms with Gasteiger partial charge in [0.25, 0.3) is 0 Å². The number of nitrogens with zero attached hydrogens (tertiary/aromatic N) is 1. The van der Waals surface area contributed by atoms with Crippen LogP contribution < -0.4 is 5.73 Å². The van der Waals surface area contributed by atoms with Crippen LogP contribution in [0.15, 0.2) is 18.2 Å². The minimum atomic E-state index is -0.823. The lowest BCUT2D eigenvalue weighted by molar-refractivity contribution is 0.148. The van der Waals surface area contributed by atoms with Gasteiger partial charge in [-0.2, -0.15) is 0 Å². The minimum Gasteiger partial charge on any atom is -0.329 e. The smallest absolute Gasteiger partial charge is 0.163 e. The van der Waals surface area contributed by atoms with Crippen LogP contribution in [-0.4, -0.2) is 24.5 Å². The molecule has 0 fully saturated rings. The van der Waals surface area contributed by atoms with E-state index in [2.05, 4.69) is 20.8 Å². The van der Waals surface area contributed by atoms with Gasteiger partial charge in [-0.3, -0.25) is 4.90 Å². The molecule has 18 heavy (non-hydrogen) atoms. The van der Waals surface area contributed by atoms with Gasteiger partial charge in [-0.1, -0.05) is 26.0 Å². The summed E-state index contributed by atoms with van der Waals surface area (Å²) in [6.07, 6.45) is 0. The first kappa shape index (κ1) is 15.1. The standard InChI is InChI=1S/C14H22F2N2/c1-9(2)10(3)18(4)13(8-17)11-6-5-7-12(15)14(11)16/h5-7,9-10,13H,8,17H2,1-4H3. The Morgan fingerprint density at radius 1 is 1.22 bits per heavy atom. The first-order valence-corrected chi connectivity index (χ1v) is 6.26. The second-order valence-electron chi connectivity index (χ2n) is 5.04. The van der Waals surface area contributed by atoms with Gasteiger partial charge >= 0.3 is 0 Å².